The minimum absolute atomic E-state index is 0.0288. The van der Waals surface area contributed by atoms with Crippen LogP contribution < -0.4 is 4.74 Å². The molecule has 0 atom stereocenters. The lowest BCUT2D eigenvalue weighted by Crippen LogP contribution is -2.12. The molecule has 0 radical (unpaired) electrons. The summed E-state index contributed by atoms with van der Waals surface area (Å²) >= 11 is 0. The molecule has 8 nitrogen and oxygen atoms in total. The summed E-state index contributed by atoms with van der Waals surface area (Å²) < 4.78 is 31.2. The average molecular weight is 311 g/mol. The lowest BCUT2D eigenvalue weighted by atomic mass is 10.4. The van der Waals surface area contributed by atoms with E-state index in [2.05, 4.69) is 4.98 Å². The van der Waals surface area contributed by atoms with Gasteiger partial charge in [0, 0.05) is 10.7 Å². The van der Waals surface area contributed by atoms with Gasteiger partial charge in [-0.3, -0.25) is 0 Å². The van der Waals surface area contributed by atoms with Crippen LogP contribution in [0.15, 0.2) is 18.3 Å². The van der Waals surface area contributed by atoms with E-state index in [1.807, 2.05) is 0 Å². The molecule has 1 aromatic rings. The van der Waals surface area contributed by atoms with Crippen molar-refractivity contribution in [2.75, 3.05) is 25.6 Å². The molecule has 106 valence electrons. The smallest absolute Gasteiger partial charge is 0.406 e. The number of nitrogens with zero attached hydrogens (tertiary/aromatic N) is 2. The van der Waals surface area contributed by atoms with Crippen LogP contribution >= 0.6 is 10.7 Å². The third kappa shape index (κ3) is 6.32. The fourth-order valence-corrected chi connectivity index (χ4v) is 1.61. The van der Waals surface area contributed by atoms with E-state index < -0.39 is 14.0 Å². The van der Waals surface area contributed by atoms with Gasteiger partial charge in [-0.15, -0.1) is 0 Å². The molecule has 0 saturated carbocycles. The van der Waals surface area contributed by atoms with Gasteiger partial charge in [0.05, 0.1) is 19.0 Å². The quantitative estimate of drug-likeness (QED) is 0.304. The zero-order chi connectivity index (χ0) is 14.3. The Balaban J connectivity index is 2.32. The first-order chi connectivity index (χ1) is 8.90. The number of hydrogen-bond acceptors (Lipinski definition) is 7. The summed E-state index contributed by atoms with van der Waals surface area (Å²) in [6.45, 7) is 0.0532. The minimum Gasteiger partial charge on any atom is -0.483 e. The van der Waals surface area contributed by atoms with Gasteiger partial charge in [-0.25, -0.2) is 8.42 Å². The van der Waals surface area contributed by atoms with Crippen molar-refractivity contribution >= 4 is 25.6 Å². The molecule has 1 aromatic heterocycles. The fraction of sp³-hybridized carbons (Fsp3) is 0.444. The number of ether oxygens (including phenoxy) is 2. The lowest BCUT2D eigenvalue weighted by molar-refractivity contribution is -0.390. The number of rotatable bonds is 8. The maximum absolute atomic E-state index is 10.6. The van der Waals surface area contributed by atoms with E-state index in [-0.39, 0.29) is 37.1 Å². The zero-order valence-electron chi connectivity index (χ0n) is 9.69. The largest absolute Gasteiger partial charge is 0.483 e. The summed E-state index contributed by atoms with van der Waals surface area (Å²) in [6, 6.07) is 2.91. The summed E-state index contributed by atoms with van der Waals surface area (Å²) in [4.78, 5) is 13.5. The van der Waals surface area contributed by atoms with Crippen LogP contribution in [-0.2, 0) is 13.8 Å². The van der Waals surface area contributed by atoms with Crippen molar-refractivity contribution in [3.63, 3.8) is 0 Å². The van der Waals surface area contributed by atoms with Gasteiger partial charge in [-0.1, -0.05) is 0 Å². The number of aromatic nitrogens is 1. The molecule has 0 spiro atoms. The number of hydrogen-bond donors (Lipinski definition) is 0. The van der Waals surface area contributed by atoms with E-state index in [4.69, 9.17) is 20.2 Å². The first kappa shape index (κ1) is 15.6. The molecular formula is C9H11ClN2O6S. The lowest BCUT2D eigenvalue weighted by Gasteiger charge is -2.06. The molecule has 0 saturated heterocycles. The van der Waals surface area contributed by atoms with Gasteiger partial charge in [0.15, 0.2) is 0 Å². The molecule has 0 aromatic carbocycles. The summed E-state index contributed by atoms with van der Waals surface area (Å²) in [5.74, 6) is -0.659. The van der Waals surface area contributed by atoms with Crippen molar-refractivity contribution in [1.29, 1.82) is 0 Å². The fourth-order valence-electron chi connectivity index (χ4n) is 1.10. The Kier molecular flexibility index (Phi) is 5.93. The molecule has 1 rings (SSSR count). The molecule has 0 aliphatic carbocycles. The molecular weight excluding hydrogens is 300 g/mol. The predicted octanol–water partition coefficient (Wildman–Crippen LogP) is 0.954. The van der Waals surface area contributed by atoms with Gasteiger partial charge in [0.1, 0.15) is 12.8 Å². The van der Waals surface area contributed by atoms with Crippen molar-refractivity contribution in [3.05, 3.63) is 28.4 Å². The van der Waals surface area contributed by atoms with Crippen LogP contribution in [0.1, 0.15) is 0 Å². The van der Waals surface area contributed by atoms with Crippen LogP contribution in [0.3, 0.4) is 0 Å². The minimum atomic E-state index is -3.57. The Hall–Kier alpha value is -1.45. The molecule has 0 aliphatic heterocycles. The molecule has 0 unspecified atom stereocenters. The van der Waals surface area contributed by atoms with Crippen molar-refractivity contribution < 1.29 is 22.8 Å². The van der Waals surface area contributed by atoms with E-state index in [1.54, 1.807) is 0 Å². The van der Waals surface area contributed by atoms with Gasteiger partial charge in [0.2, 0.25) is 14.8 Å². The highest BCUT2D eigenvalue weighted by Crippen LogP contribution is 2.22. The van der Waals surface area contributed by atoms with Crippen LogP contribution in [0.2, 0.25) is 0 Å². The highest BCUT2D eigenvalue weighted by atomic mass is 35.7. The van der Waals surface area contributed by atoms with Gasteiger partial charge in [-0.05, 0) is 22.0 Å². The van der Waals surface area contributed by atoms with Gasteiger partial charge in [-0.2, -0.15) is 0 Å². The molecule has 19 heavy (non-hydrogen) atoms. The topological polar surface area (TPSA) is 109 Å². The van der Waals surface area contributed by atoms with Gasteiger partial charge in [0.25, 0.3) is 0 Å². The first-order valence-electron chi connectivity index (χ1n) is 5.12. The van der Waals surface area contributed by atoms with Crippen LogP contribution in [0.5, 0.6) is 5.75 Å². The Labute approximate surface area is 113 Å². The first-order valence-corrected chi connectivity index (χ1v) is 7.60. The highest BCUT2D eigenvalue weighted by Gasteiger charge is 2.15. The van der Waals surface area contributed by atoms with Crippen LogP contribution in [0.4, 0.5) is 5.82 Å². The summed E-state index contributed by atoms with van der Waals surface area (Å²) in [7, 11) is 1.40. The Morgan fingerprint density at radius 2 is 2.11 bits per heavy atom. The summed E-state index contributed by atoms with van der Waals surface area (Å²) in [5.41, 5.74) is 0. The maximum atomic E-state index is 10.6. The third-order valence-corrected chi connectivity index (χ3v) is 3.00. The predicted molar refractivity (Wildman–Crippen MR) is 66.8 cm³/mol. The SMILES string of the molecule is O=[N+]([O-])c1ncccc1OCCOCCS(=O)(=O)Cl. The second kappa shape index (κ2) is 7.22. The van der Waals surface area contributed by atoms with Crippen molar-refractivity contribution in [2.45, 2.75) is 0 Å². The molecule has 1 heterocycles. The Morgan fingerprint density at radius 3 is 2.74 bits per heavy atom. The Bertz CT molecular complexity index is 535. The summed E-state index contributed by atoms with van der Waals surface area (Å²) in [5, 5.41) is 10.6. The van der Waals surface area contributed by atoms with E-state index in [0.717, 1.165) is 0 Å². The second-order valence-electron chi connectivity index (χ2n) is 3.29. The van der Waals surface area contributed by atoms with Crippen molar-refractivity contribution in [1.82, 2.24) is 4.98 Å². The Morgan fingerprint density at radius 1 is 1.37 bits per heavy atom. The molecule has 0 fully saturated rings. The second-order valence-corrected chi connectivity index (χ2v) is 6.18. The molecule has 0 amide bonds. The van der Waals surface area contributed by atoms with E-state index >= 15 is 0 Å². The normalized spacial score (nSPS) is 11.2. The highest BCUT2D eigenvalue weighted by molar-refractivity contribution is 8.13. The molecule has 0 N–H and O–H groups in total. The number of halogens is 1. The zero-order valence-corrected chi connectivity index (χ0v) is 11.3. The van der Waals surface area contributed by atoms with Crippen LogP contribution in [0, 0.1) is 10.1 Å². The average Bonchev–Trinajstić information content (AvgIpc) is 2.32. The van der Waals surface area contributed by atoms with Crippen molar-refractivity contribution in [3.8, 4) is 5.75 Å². The van der Waals surface area contributed by atoms with Gasteiger partial charge < -0.3 is 19.6 Å². The van der Waals surface area contributed by atoms with Crippen LogP contribution in [0.25, 0.3) is 0 Å². The number of nitro groups is 1. The van der Waals surface area contributed by atoms with Gasteiger partial charge >= 0.3 is 5.82 Å². The summed E-state index contributed by atoms with van der Waals surface area (Å²) in [6.07, 6.45) is 1.28. The van der Waals surface area contributed by atoms with E-state index in [9.17, 15) is 18.5 Å². The monoisotopic (exact) mass is 310 g/mol. The van der Waals surface area contributed by atoms with E-state index in [0.29, 0.717) is 0 Å². The standard InChI is InChI=1S/C9H11ClN2O6S/c10-19(15,16)7-6-17-4-5-18-8-2-1-3-11-9(8)12(13)14/h1-3H,4-7H2. The van der Waals surface area contributed by atoms with Crippen molar-refractivity contribution in [2.24, 2.45) is 0 Å². The van der Waals surface area contributed by atoms with E-state index in [1.165, 1.54) is 18.3 Å². The number of pyridine rings is 1. The molecule has 10 heteroatoms. The van der Waals surface area contributed by atoms with Crippen LogP contribution in [-0.4, -0.2) is 43.9 Å². The third-order valence-electron chi connectivity index (χ3n) is 1.88. The maximum Gasteiger partial charge on any atom is 0.406 e. The molecule has 0 aliphatic rings. The molecule has 0 bridgehead atoms.